The molecule has 2 rings (SSSR count). The highest BCUT2D eigenvalue weighted by Gasteiger charge is 2.16. The third-order valence-electron chi connectivity index (χ3n) is 3.46. The Morgan fingerprint density at radius 3 is 2.67 bits per heavy atom. The standard InChI is InChI=1S/C15H21ClN4O/c1-4-12-15(16)13(20(2)19-12)8-11(17)7-10-5-6-14(21-3)18-9-10/h5-6,9,11H,4,7-8,17H2,1-3H3. The summed E-state index contributed by atoms with van der Waals surface area (Å²) in [6.45, 7) is 2.04. The van der Waals surface area contributed by atoms with E-state index in [2.05, 4.69) is 10.1 Å². The van der Waals surface area contributed by atoms with Gasteiger partial charge in [-0.25, -0.2) is 4.98 Å². The lowest BCUT2D eigenvalue weighted by Gasteiger charge is -2.12. The third kappa shape index (κ3) is 3.74. The van der Waals surface area contributed by atoms with E-state index in [0.29, 0.717) is 12.3 Å². The first-order valence-electron chi connectivity index (χ1n) is 6.99. The van der Waals surface area contributed by atoms with Crippen LogP contribution in [0.3, 0.4) is 0 Å². The molecule has 0 aliphatic carbocycles. The number of hydrogen-bond donors (Lipinski definition) is 1. The predicted octanol–water partition coefficient (Wildman–Crippen LogP) is 2.15. The summed E-state index contributed by atoms with van der Waals surface area (Å²) >= 11 is 6.35. The Balaban J connectivity index is 2.04. The molecule has 0 saturated heterocycles. The number of aromatic nitrogens is 3. The smallest absolute Gasteiger partial charge is 0.212 e. The van der Waals surface area contributed by atoms with Gasteiger partial charge in [-0.2, -0.15) is 5.10 Å². The molecule has 0 bridgehead atoms. The maximum Gasteiger partial charge on any atom is 0.212 e. The van der Waals surface area contributed by atoms with Crippen LogP contribution >= 0.6 is 11.6 Å². The van der Waals surface area contributed by atoms with Crippen LogP contribution in [0.25, 0.3) is 0 Å². The zero-order valence-corrected chi connectivity index (χ0v) is 13.4. The van der Waals surface area contributed by atoms with Crippen molar-refractivity contribution in [1.29, 1.82) is 0 Å². The van der Waals surface area contributed by atoms with E-state index in [9.17, 15) is 0 Å². The van der Waals surface area contributed by atoms with Crippen molar-refractivity contribution in [2.75, 3.05) is 7.11 Å². The summed E-state index contributed by atoms with van der Waals surface area (Å²) in [5.74, 6) is 0.606. The van der Waals surface area contributed by atoms with Gasteiger partial charge in [0.05, 0.1) is 23.5 Å². The number of halogens is 1. The van der Waals surface area contributed by atoms with Crippen molar-refractivity contribution >= 4 is 11.6 Å². The minimum atomic E-state index is -0.0298. The molecule has 0 radical (unpaired) electrons. The van der Waals surface area contributed by atoms with Crippen LogP contribution in [0.5, 0.6) is 5.88 Å². The molecule has 114 valence electrons. The van der Waals surface area contributed by atoms with Gasteiger partial charge in [0.1, 0.15) is 0 Å². The monoisotopic (exact) mass is 308 g/mol. The van der Waals surface area contributed by atoms with E-state index in [1.54, 1.807) is 13.3 Å². The largest absolute Gasteiger partial charge is 0.481 e. The maximum absolute atomic E-state index is 6.35. The summed E-state index contributed by atoms with van der Waals surface area (Å²) in [7, 11) is 3.51. The summed E-state index contributed by atoms with van der Waals surface area (Å²) in [4.78, 5) is 4.19. The molecule has 0 aliphatic rings. The number of rotatable bonds is 6. The first kappa shape index (κ1) is 15.8. The molecule has 1 atom stereocenters. The molecule has 5 nitrogen and oxygen atoms in total. The molecule has 0 aromatic carbocycles. The topological polar surface area (TPSA) is 66.0 Å². The summed E-state index contributed by atoms with van der Waals surface area (Å²) in [5.41, 5.74) is 9.23. The van der Waals surface area contributed by atoms with Crippen molar-refractivity contribution in [3.05, 3.63) is 40.3 Å². The summed E-state index contributed by atoms with van der Waals surface area (Å²) in [6.07, 6.45) is 4.04. The minimum absolute atomic E-state index is 0.0298. The quantitative estimate of drug-likeness (QED) is 0.888. The maximum atomic E-state index is 6.35. The Hall–Kier alpha value is -1.59. The molecular weight excluding hydrogens is 288 g/mol. The fraction of sp³-hybridized carbons (Fsp3) is 0.467. The van der Waals surface area contributed by atoms with E-state index in [1.807, 2.05) is 30.8 Å². The Labute approximate surface area is 130 Å². The molecule has 2 heterocycles. The summed E-state index contributed by atoms with van der Waals surface area (Å²) in [6, 6.07) is 3.79. The average molecular weight is 309 g/mol. The zero-order valence-electron chi connectivity index (χ0n) is 12.6. The van der Waals surface area contributed by atoms with E-state index >= 15 is 0 Å². The summed E-state index contributed by atoms with van der Waals surface area (Å²) in [5, 5.41) is 5.15. The molecule has 0 saturated carbocycles. The first-order valence-corrected chi connectivity index (χ1v) is 7.37. The molecule has 0 aliphatic heterocycles. The van der Waals surface area contributed by atoms with Crippen LogP contribution in [-0.4, -0.2) is 27.9 Å². The predicted molar refractivity (Wildman–Crippen MR) is 83.8 cm³/mol. The number of aryl methyl sites for hydroxylation is 2. The van der Waals surface area contributed by atoms with Crippen LogP contribution in [0, 0.1) is 0 Å². The summed E-state index contributed by atoms with van der Waals surface area (Å²) < 4.78 is 6.87. The Morgan fingerprint density at radius 2 is 2.14 bits per heavy atom. The van der Waals surface area contributed by atoms with Gasteiger partial charge in [0, 0.05) is 31.8 Å². The van der Waals surface area contributed by atoms with Crippen LogP contribution in [-0.2, 0) is 26.3 Å². The van der Waals surface area contributed by atoms with Gasteiger partial charge in [-0.05, 0) is 18.4 Å². The number of pyridine rings is 1. The van der Waals surface area contributed by atoms with Crippen LogP contribution < -0.4 is 10.5 Å². The minimum Gasteiger partial charge on any atom is -0.481 e. The van der Waals surface area contributed by atoms with E-state index in [4.69, 9.17) is 22.1 Å². The lowest BCUT2D eigenvalue weighted by atomic mass is 10.0. The second-order valence-corrected chi connectivity index (χ2v) is 5.44. The lowest BCUT2D eigenvalue weighted by Crippen LogP contribution is -2.26. The van der Waals surface area contributed by atoms with Gasteiger partial charge >= 0.3 is 0 Å². The van der Waals surface area contributed by atoms with Gasteiger partial charge < -0.3 is 10.5 Å². The SMILES string of the molecule is CCc1nn(C)c(CC(N)Cc2ccc(OC)nc2)c1Cl. The van der Waals surface area contributed by atoms with E-state index in [-0.39, 0.29) is 6.04 Å². The molecular formula is C15H21ClN4O. The first-order chi connectivity index (χ1) is 10.0. The molecule has 2 N–H and O–H groups in total. The average Bonchev–Trinajstić information content (AvgIpc) is 2.75. The molecule has 2 aromatic rings. The number of methoxy groups -OCH3 is 1. The van der Waals surface area contributed by atoms with Gasteiger partial charge in [0.25, 0.3) is 0 Å². The number of nitrogens with zero attached hydrogens (tertiary/aromatic N) is 3. The normalized spacial score (nSPS) is 12.4. The van der Waals surface area contributed by atoms with Gasteiger partial charge in [-0.15, -0.1) is 0 Å². The molecule has 21 heavy (non-hydrogen) atoms. The van der Waals surface area contributed by atoms with E-state index in [0.717, 1.165) is 34.8 Å². The lowest BCUT2D eigenvalue weighted by molar-refractivity contribution is 0.397. The van der Waals surface area contributed by atoms with E-state index < -0.39 is 0 Å². The van der Waals surface area contributed by atoms with Gasteiger partial charge in [0.2, 0.25) is 5.88 Å². The van der Waals surface area contributed by atoms with Crippen molar-refractivity contribution in [2.45, 2.75) is 32.2 Å². The molecule has 6 heteroatoms. The number of hydrogen-bond acceptors (Lipinski definition) is 4. The highest BCUT2D eigenvalue weighted by molar-refractivity contribution is 6.31. The highest BCUT2D eigenvalue weighted by atomic mass is 35.5. The second-order valence-electron chi connectivity index (χ2n) is 5.06. The molecule has 1 unspecified atom stereocenters. The zero-order chi connectivity index (χ0) is 15.4. The van der Waals surface area contributed by atoms with Crippen molar-refractivity contribution in [1.82, 2.24) is 14.8 Å². The van der Waals surface area contributed by atoms with Gasteiger partial charge in [-0.3, -0.25) is 4.68 Å². The second kappa shape index (κ2) is 6.91. The molecule has 0 fully saturated rings. The van der Waals surface area contributed by atoms with E-state index in [1.165, 1.54) is 0 Å². The van der Waals surface area contributed by atoms with Crippen molar-refractivity contribution in [3.63, 3.8) is 0 Å². The van der Waals surface area contributed by atoms with Crippen molar-refractivity contribution in [2.24, 2.45) is 12.8 Å². The third-order valence-corrected chi connectivity index (χ3v) is 3.90. The van der Waals surface area contributed by atoms with Crippen molar-refractivity contribution in [3.8, 4) is 5.88 Å². The Bertz CT molecular complexity index is 594. The molecule has 2 aromatic heterocycles. The Morgan fingerprint density at radius 1 is 1.38 bits per heavy atom. The molecule has 0 amide bonds. The van der Waals surface area contributed by atoms with Crippen LogP contribution in [0.4, 0.5) is 0 Å². The molecule has 0 spiro atoms. The van der Waals surface area contributed by atoms with Gasteiger partial charge in [0.15, 0.2) is 0 Å². The fourth-order valence-electron chi connectivity index (χ4n) is 2.32. The highest BCUT2D eigenvalue weighted by Crippen LogP contribution is 2.22. The van der Waals surface area contributed by atoms with Crippen molar-refractivity contribution < 1.29 is 4.74 Å². The van der Waals surface area contributed by atoms with Gasteiger partial charge in [-0.1, -0.05) is 24.6 Å². The Kier molecular flexibility index (Phi) is 5.20. The van der Waals surface area contributed by atoms with Crippen LogP contribution in [0.1, 0.15) is 23.9 Å². The van der Waals surface area contributed by atoms with Crippen LogP contribution in [0.2, 0.25) is 5.02 Å². The fourth-order valence-corrected chi connectivity index (χ4v) is 2.69. The number of nitrogens with two attached hydrogens (primary N) is 1. The number of ether oxygens (including phenoxy) is 1. The van der Waals surface area contributed by atoms with Crippen LogP contribution in [0.15, 0.2) is 18.3 Å².